The molecule has 0 spiro atoms. The summed E-state index contributed by atoms with van der Waals surface area (Å²) in [4.78, 5) is 16.5. The van der Waals surface area contributed by atoms with Crippen molar-refractivity contribution in [3.63, 3.8) is 0 Å². The molecule has 3 rings (SSSR count). The Morgan fingerprint density at radius 1 is 1.29 bits per heavy atom. The lowest BCUT2D eigenvalue weighted by Crippen LogP contribution is -2.11. The number of amides is 1. The molecule has 3 nitrogen and oxygen atoms in total. The number of carbonyl (C=O) groups is 1. The van der Waals surface area contributed by atoms with Gasteiger partial charge in [-0.2, -0.15) is 0 Å². The smallest absolute Gasteiger partial charge is 0.257 e. The van der Waals surface area contributed by atoms with E-state index in [1.165, 1.54) is 29.5 Å². The van der Waals surface area contributed by atoms with Crippen LogP contribution in [0.2, 0.25) is 0 Å². The highest BCUT2D eigenvalue weighted by molar-refractivity contribution is 9.10. The van der Waals surface area contributed by atoms with Gasteiger partial charge in [0.1, 0.15) is 5.82 Å². The Morgan fingerprint density at radius 3 is 2.86 bits per heavy atom. The molecule has 0 aliphatic carbocycles. The van der Waals surface area contributed by atoms with Crippen LogP contribution in [0.5, 0.6) is 0 Å². The molecule has 1 N–H and O–H groups in total. The Balaban J connectivity index is 1.87. The summed E-state index contributed by atoms with van der Waals surface area (Å²) in [6.07, 6.45) is 0. The van der Waals surface area contributed by atoms with Crippen LogP contribution in [-0.2, 0) is 0 Å². The van der Waals surface area contributed by atoms with Crippen molar-refractivity contribution in [2.45, 2.75) is 6.92 Å². The minimum absolute atomic E-state index is 0.259. The van der Waals surface area contributed by atoms with Gasteiger partial charge in [0.05, 0.1) is 14.7 Å². The van der Waals surface area contributed by atoms with E-state index in [-0.39, 0.29) is 10.4 Å². The number of hydrogen-bond donors (Lipinski definition) is 1. The number of carbonyl (C=O) groups excluding carboxylic acids is 1. The Bertz CT molecular complexity index is 847. The minimum Gasteiger partial charge on any atom is -0.298 e. The van der Waals surface area contributed by atoms with Crippen molar-refractivity contribution in [2.75, 3.05) is 5.32 Å². The predicted octanol–water partition coefficient (Wildman–Crippen LogP) is 4.76. The first kappa shape index (κ1) is 14.2. The molecule has 2 aromatic carbocycles. The minimum atomic E-state index is -0.401. The molecule has 0 saturated heterocycles. The molecule has 6 heteroatoms. The first-order valence-electron chi connectivity index (χ1n) is 6.16. The van der Waals surface area contributed by atoms with Gasteiger partial charge in [-0.05, 0) is 58.7 Å². The van der Waals surface area contributed by atoms with Crippen LogP contribution in [0.3, 0.4) is 0 Å². The lowest BCUT2D eigenvalue weighted by atomic mass is 10.2. The van der Waals surface area contributed by atoms with Crippen LogP contribution in [0.15, 0.2) is 40.9 Å². The number of anilines is 1. The number of fused-ring (bicyclic) bond motifs is 1. The number of nitrogens with zero attached hydrogens (tertiary/aromatic N) is 1. The van der Waals surface area contributed by atoms with Crippen LogP contribution < -0.4 is 5.32 Å². The predicted molar refractivity (Wildman–Crippen MR) is 86.4 cm³/mol. The van der Waals surface area contributed by atoms with Gasteiger partial charge < -0.3 is 0 Å². The lowest BCUT2D eigenvalue weighted by Gasteiger charge is -2.02. The number of thiazole rings is 1. The average Bonchev–Trinajstić information content (AvgIpc) is 2.83. The molecule has 3 aromatic rings. The number of rotatable bonds is 2. The molecule has 0 aliphatic heterocycles. The van der Waals surface area contributed by atoms with Crippen molar-refractivity contribution in [3.8, 4) is 0 Å². The molecule has 0 fully saturated rings. The van der Waals surface area contributed by atoms with Crippen molar-refractivity contribution in [1.29, 1.82) is 0 Å². The van der Waals surface area contributed by atoms with Gasteiger partial charge in [-0.15, -0.1) is 0 Å². The molecule has 1 heterocycles. The number of nitrogens with one attached hydrogen (secondary N) is 1. The molecular formula is C15H10BrFN2OS. The Labute approximate surface area is 133 Å². The Hall–Kier alpha value is -1.79. The largest absolute Gasteiger partial charge is 0.298 e. The maximum Gasteiger partial charge on any atom is 0.257 e. The maximum absolute atomic E-state index is 13.2. The maximum atomic E-state index is 13.2. The highest BCUT2D eigenvalue weighted by Gasteiger charge is 2.11. The molecule has 1 aromatic heterocycles. The van der Waals surface area contributed by atoms with Gasteiger partial charge in [-0.1, -0.05) is 17.4 Å². The van der Waals surface area contributed by atoms with E-state index in [1.54, 1.807) is 0 Å². The van der Waals surface area contributed by atoms with E-state index in [9.17, 15) is 9.18 Å². The molecule has 0 bridgehead atoms. The summed E-state index contributed by atoms with van der Waals surface area (Å²) >= 11 is 4.48. The third-order valence-corrected chi connectivity index (χ3v) is 4.49. The number of aryl methyl sites for hydroxylation is 1. The van der Waals surface area contributed by atoms with Crippen molar-refractivity contribution < 1.29 is 9.18 Å². The third-order valence-electron chi connectivity index (χ3n) is 2.95. The van der Waals surface area contributed by atoms with Crippen molar-refractivity contribution in [2.24, 2.45) is 0 Å². The first-order valence-corrected chi connectivity index (χ1v) is 7.77. The molecule has 0 saturated carbocycles. The standard InChI is InChI=1S/C15H10BrFN2OS/c1-8-2-5-12-13(6-8)21-15(18-12)19-14(20)9-3-4-11(17)10(16)7-9/h2-7H,1H3,(H,18,19,20). The molecule has 106 valence electrons. The SMILES string of the molecule is Cc1ccc2nc(NC(=O)c3ccc(F)c(Br)c3)sc2c1. The second-order valence-corrected chi connectivity index (χ2v) is 6.46. The second kappa shape index (κ2) is 5.54. The van der Waals surface area contributed by atoms with E-state index in [0.717, 1.165) is 15.8 Å². The summed E-state index contributed by atoms with van der Waals surface area (Å²) in [5, 5.41) is 3.27. The van der Waals surface area contributed by atoms with Crippen LogP contribution in [0.25, 0.3) is 10.2 Å². The van der Waals surface area contributed by atoms with Gasteiger partial charge >= 0.3 is 0 Å². The molecule has 0 radical (unpaired) electrons. The number of benzene rings is 2. The normalized spacial score (nSPS) is 10.8. The van der Waals surface area contributed by atoms with E-state index in [4.69, 9.17) is 0 Å². The summed E-state index contributed by atoms with van der Waals surface area (Å²) in [5.74, 6) is -0.714. The second-order valence-electron chi connectivity index (χ2n) is 4.57. The fraction of sp³-hybridized carbons (Fsp3) is 0.0667. The third kappa shape index (κ3) is 2.96. The zero-order valence-electron chi connectivity index (χ0n) is 11.0. The van der Waals surface area contributed by atoms with Crippen molar-refractivity contribution >= 4 is 48.5 Å². The Kier molecular flexibility index (Phi) is 3.73. The fourth-order valence-electron chi connectivity index (χ4n) is 1.89. The van der Waals surface area contributed by atoms with Crippen molar-refractivity contribution in [1.82, 2.24) is 4.98 Å². The number of halogens is 2. The van der Waals surface area contributed by atoms with E-state index >= 15 is 0 Å². The highest BCUT2D eigenvalue weighted by Crippen LogP contribution is 2.27. The van der Waals surface area contributed by atoms with Crippen LogP contribution in [-0.4, -0.2) is 10.9 Å². The van der Waals surface area contributed by atoms with E-state index in [1.807, 2.05) is 25.1 Å². The molecule has 21 heavy (non-hydrogen) atoms. The quantitative estimate of drug-likeness (QED) is 0.712. The van der Waals surface area contributed by atoms with Gasteiger partial charge in [-0.25, -0.2) is 9.37 Å². The zero-order valence-corrected chi connectivity index (χ0v) is 13.4. The summed E-state index contributed by atoms with van der Waals surface area (Å²) in [5.41, 5.74) is 2.37. The van der Waals surface area contributed by atoms with Gasteiger partial charge in [0, 0.05) is 5.56 Å². The summed E-state index contributed by atoms with van der Waals surface area (Å²) in [7, 11) is 0. The summed E-state index contributed by atoms with van der Waals surface area (Å²) in [6, 6.07) is 10.1. The first-order chi connectivity index (χ1) is 10.0. The van der Waals surface area contributed by atoms with Crippen molar-refractivity contribution in [3.05, 3.63) is 57.8 Å². The highest BCUT2D eigenvalue weighted by atomic mass is 79.9. The molecule has 1 amide bonds. The molecular weight excluding hydrogens is 355 g/mol. The lowest BCUT2D eigenvalue weighted by molar-refractivity contribution is 0.102. The summed E-state index contributed by atoms with van der Waals surface area (Å²) < 4.78 is 14.5. The number of hydrogen-bond acceptors (Lipinski definition) is 3. The van der Waals surface area contributed by atoms with E-state index in [0.29, 0.717) is 10.7 Å². The number of aromatic nitrogens is 1. The molecule has 0 unspecified atom stereocenters. The Morgan fingerprint density at radius 2 is 2.10 bits per heavy atom. The van der Waals surface area contributed by atoms with Gasteiger partial charge in [0.25, 0.3) is 5.91 Å². The van der Waals surface area contributed by atoms with Gasteiger partial charge in [-0.3, -0.25) is 10.1 Å². The van der Waals surface area contributed by atoms with E-state index < -0.39 is 5.82 Å². The fourth-order valence-corrected chi connectivity index (χ4v) is 3.23. The molecule has 0 atom stereocenters. The zero-order chi connectivity index (χ0) is 15.0. The van der Waals surface area contributed by atoms with Crippen LogP contribution in [0.4, 0.5) is 9.52 Å². The van der Waals surface area contributed by atoms with Gasteiger partial charge in [0.15, 0.2) is 5.13 Å². The van der Waals surface area contributed by atoms with Crippen LogP contribution in [0, 0.1) is 12.7 Å². The average molecular weight is 365 g/mol. The van der Waals surface area contributed by atoms with E-state index in [2.05, 4.69) is 26.2 Å². The van der Waals surface area contributed by atoms with Crippen LogP contribution >= 0.6 is 27.3 Å². The monoisotopic (exact) mass is 364 g/mol. The van der Waals surface area contributed by atoms with Gasteiger partial charge in [0.2, 0.25) is 0 Å². The van der Waals surface area contributed by atoms with Crippen LogP contribution in [0.1, 0.15) is 15.9 Å². The molecule has 0 aliphatic rings. The topological polar surface area (TPSA) is 42.0 Å². The summed E-state index contributed by atoms with van der Waals surface area (Å²) in [6.45, 7) is 2.01.